The number of hydrogen-bond donors (Lipinski definition) is 1. The van der Waals surface area contributed by atoms with E-state index in [0.29, 0.717) is 12.6 Å². The van der Waals surface area contributed by atoms with Gasteiger partial charge in [-0.25, -0.2) is 4.68 Å². The third kappa shape index (κ3) is 1.57. The van der Waals surface area contributed by atoms with Crippen molar-refractivity contribution in [2.24, 2.45) is 11.7 Å². The van der Waals surface area contributed by atoms with Crippen LogP contribution in [0.3, 0.4) is 0 Å². The van der Waals surface area contributed by atoms with E-state index in [-0.39, 0.29) is 0 Å². The zero-order valence-corrected chi connectivity index (χ0v) is 9.19. The summed E-state index contributed by atoms with van der Waals surface area (Å²) in [5.41, 5.74) is 8.15. The third-order valence-corrected chi connectivity index (χ3v) is 3.53. The van der Waals surface area contributed by atoms with E-state index in [0.717, 1.165) is 24.0 Å². The van der Waals surface area contributed by atoms with Gasteiger partial charge in [-0.3, -0.25) is 0 Å². The first-order valence-electron chi connectivity index (χ1n) is 5.95. The van der Waals surface area contributed by atoms with Crippen molar-refractivity contribution in [1.82, 2.24) is 15.0 Å². The molecule has 3 rings (SSSR count). The summed E-state index contributed by atoms with van der Waals surface area (Å²) in [5.74, 6) is 1.52. The van der Waals surface area contributed by atoms with Gasteiger partial charge in [-0.2, -0.15) is 0 Å². The van der Waals surface area contributed by atoms with Gasteiger partial charge in [-0.05, 0) is 31.7 Å². The van der Waals surface area contributed by atoms with E-state index >= 15 is 0 Å². The predicted molar refractivity (Wildman–Crippen MR) is 57.6 cm³/mol. The van der Waals surface area contributed by atoms with Crippen LogP contribution in [0.1, 0.15) is 49.5 Å². The number of rotatable bonds is 4. The smallest absolute Gasteiger partial charge is 0.0874 e. The minimum Gasteiger partial charge on any atom is -0.330 e. The molecule has 2 N–H and O–H groups in total. The second-order valence-corrected chi connectivity index (χ2v) is 4.96. The average Bonchev–Trinajstić information content (AvgIpc) is 3.12. The fourth-order valence-corrected chi connectivity index (χ4v) is 2.32. The van der Waals surface area contributed by atoms with Gasteiger partial charge < -0.3 is 5.73 Å². The van der Waals surface area contributed by atoms with E-state index in [9.17, 15) is 0 Å². The van der Waals surface area contributed by atoms with Crippen molar-refractivity contribution in [2.45, 2.75) is 44.6 Å². The maximum absolute atomic E-state index is 5.60. The Kier molecular flexibility index (Phi) is 2.06. The summed E-state index contributed by atoms with van der Waals surface area (Å²) < 4.78 is 2.19. The molecular formula is C11H18N4. The minimum absolute atomic E-state index is 0.625. The van der Waals surface area contributed by atoms with E-state index in [1.165, 1.54) is 25.0 Å². The van der Waals surface area contributed by atoms with Crippen molar-refractivity contribution in [1.29, 1.82) is 0 Å². The van der Waals surface area contributed by atoms with Crippen LogP contribution in [0, 0.1) is 5.92 Å². The molecule has 2 atom stereocenters. The summed E-state index contributed by atoms with van der Waals surface area (Å²) >= 11 is 0. The lowest BCUT2D eigenvalue weighted by atomic mass is 10.2. The predicted octanol–water partition coefficient (Wildman–Crippen LogP) is 1.24. The van der Waals surface area contributed by atoms with Gasteiger partial charge in [0.1, 0.15) is 0 Å². The summed E-state index contributed by atoms with van der Waals surface area (Å²) in [4.78, 5) is 0. The molecule has 2 fully saturated rings. The Morgan fingerprint density at radius 1 is 1.47 bits per heavy atom. The number of nitrogens with zero attached hydrogens (tertiary/aromatic N) is 3. The SMILES string of the molecule is CC1CC1n1nnc(CCN)c1C1CC1. The van der Waals surface area contributed by atoms with Gasteiger partial charge in [0, 0.05) is 12.3 Å². The normalized spacial score (nSPS) is 29.5. The molecule has 0 aromatic carbocycles. The van der Waals surface area contributed by atoms with E-state index < -0.39 is 0 Å². The fraction of sp³-hybridized carbons (Fsp3) is 0.818. The van der Waals surface area contributed by atoms with Gasteiger partial charge in [0.2, 0.25) is 0 Å². The van der Waals surface area contributed by atoms with Crippen LogP contribution < -0.4 is 5.73 Å². The van der Waals surface area contributed by atoms with Crippen molar-refractivity contribution >= 4 is 0 Å². The summed E-state index contributed by atoms with van der Waals surface area (Å²) in [6.45, 7) is 2.96. The minimum atomic E-state index is 0.625. The number of aromatic nitrogens is 3. The Morgan fingerprint density at radius 3 is 2.73 bits per heavy atom. The molecule has 0 radical (unpaired) electrons. The number of hydrogen-bond acceptors (Lipinski definition) is 3. The molecule has 2 saturated carbocycles. The lowest BCUT2D eigenvalue weighted by molar-refractivity contribution is 0.556. The summed E-state index contributed by atoms with van der Waals surface area (Å²) in [6.07, 6.45) is 4.77. The Labute approximate surface area is 89.8 Å². The lowest BCUT2D eigenvalue weighted by Crippen LogP contribution is -2.07. The molecule has 2 unspecified atom stereocenters. The standard InChI is InChI=1S/C11H18N4/c1-7-6-10(7)15-11(8-2-3-8)9(4-5-12)13-14-15/h7-8,10H,2-6,12H2,1H3. The highest BCUT2D eigenvalue weighted by Gasteiger charge is 2.40. The number of nitrogens with two attached hydrogens (primary N) is 1. The molecule has 1 aromatic heterocycles. The first-order chi connectivity index (χ1) is 7.31. The van der Waals surface area contributed by atoms with E-state index in [1.807, 2.05) is 0 Å². The second kappa shape index (κ2) is 3.30. The van der Waals surface area contributed by atoms with Gasteiger partial charge in [-0.15, -0.1) is 5.10 Å². The van der Waals surface area contributed by atoms with Crippen LogP contribution in [-0.4, -0.2) is 21.5 Å². The van der Waals surface area contributed by atoms with E-state index in [4.69, 9.17) is 5.73 Å². The Bertz CT molecular complexity index is 367. The van der Waals surface area contributed by atoms with Crippen LogP contribution in [0.15, 0.2) is 0 Å². The van der Waals surface area contributed by atoms with Gasteiger partial charge in [0.25, 0.3) is 0 Å². The first kappa shape index (κ1) is 9.33. The van der Waals surface area contributed by atoms with Crippen LogP contribution in [0.25, 0.3) is 0 Å². The van der Waals surface area contributed by atoms with Crippen molar-refractivity contribution < 1.29 is 0 Å². The second-order valence-electron chi connectivity index (χ2n) is 4.96. The van der Waals surface area contributed by atoms with E-state index in [1.54, 1.807) is 0 Å². The van der Waals surface area contributed by atoms with Crippen molar-refractivity contribution in [3.63, 3.8) is 0 Å². The molecule has 2 aliphatic rings. The highest BCUT2D eigenvalue weighted by Crippen LogP contribution is 2.48. The Balaban J connectivity index is 1.92. The molecule has 0 amide bonds. The molecule has 0 bridgehead atoms. The molecule has 0 aliphatic heterocycles. The fourth-order valence-electron chi connectivity index (χ4n) is 2.32. The zero-order valence-electron chi connectivity index (χ0n) is 9.19. The maximum atomic E-state index is 5.60. The van der Waals surface area contributed by atoms with Gasteiger partial charge in [0.15, 0.2) is 0 Å². The average molecular weight is 206 g/mol. The highest BCUT2D eigenvalue weighted by molar-refractivity contribution is 5.22. The maximum Gasteiger partial charge on any atom is 0.0874 e. The van der Waals surface area contributed by atoms with E-state index in [2.05, 4.69) is 21.9 Å². The summed E-state index contributed by atoms with van der Waals surface area (Å²) in [6, 6.07) is 0.625. The monoisotopic (exact) mass is 206 g/mol. The molecule has 2 aliphatic carbocycles. The molecular weight excluding hydrogens is 188 g/mol. The molecule has 4 heteroatoms. The quantitative estimate of drug-likeness (QED) is 0.806. The van der Waals surface area contributed by atoms with Crippen LogP contribution in [0.5, 0.6) is 0 Å². The van der Waals surface area contributed by atoms with Crippen LogP contribution in [0.4, 0.5) is 0 Å². The molecule has 0 saturated heterocycles. The van der Waals surface area contributed by atoms with Crippen molar-refractivity contribution in [2.75, 3.05) is 6.54 Å². The van der Waals surface area contributed by atoms with Crippen LogP contribution in [0.2, 0.25) is 0 Å². The Morgan fingerprint density at radius 2 is 2.20 bits per heavy atom. The van der Waals surface area contributed by atoms with Crippen LogP contribution >= 0.6 is 0 Å². The first-order valence-corrected chi connectivity index (χ1v) is 5.95. The van der Waals surface area contributed by atoms with Gasteiger partial charge >= 0.3 is 0 Å². The molecule has 4 nitrogen and oxygen atoms in total. The van der Waals surface area contributed by atoms with Gasteiger partial charge in [0.05, 0.1) is 17.4 Å². The summed E-state index contributed by atoms with van der Waals surface area (Å²) in [7, 11) is 0. The Hall–Kier alpha value is -0.900. The van der Waals surface area contributed by atoms with Crippen LogP contribution in [-0.2, 0) is 6.42 Å². The molecule has 15 heavy (non-hydrogen) atoms. The molecule has 0 spiro atoms. The van der Waals surface area contributed by atoms with Gasteiger partial charge in [-0.1, -0.05) is 12.1 Å². The topological polar surface area (TPSA) is 56.7 Å². The largest absolute Gasteiger partial charge is 0.330 e. The van der Waals surface area contributed by atoms with Crippen molar-refractivity contribution in [3.05, 3.63) is 11.4 Å². The molecule has 1 heterocycles. The molecule has 82 valence electrons. The summed E-state index contributed by atoms with van der Waals surface area (Å²) in [5, 5.41) is 8.62. The third-order valence-electron chi connectivity index (χ3n) is 3.53. The highest BCUT2D eigenvalue weighted by atomic mass is 15.5. The van der Waals surface area contributed by atoms with Crippen molar-refractivity contribution in [3.8, 4) is 0 Å². The lowest BCUT2D eigenvalue weighted by Gasteiger charge is -2.05. The zero-order chi connectivity index (χ0) is 10.4. The molecule has 1 aromatic rings.